The maximum atomic E-state index is 12.1. The fourth-order valence-corrected chi connectivity index (χ4v) is 3.48. The van der Waals surface area contributed by atoms with Crippen molar-refractivity contribution >= 4 is 10.2 Å². The second kappa shape index (κ2) is 5.19. The summed E-state index contributed by atoms with van der Waals surface area (Å²) in [5.74, 6) is 0. The molecule has 7 heteroatoms. The molecule has 1 aliphatic heterocycles. The third-order valence-corrected chi connectivity index (χ3v) is 4.32. The minimum absolute atomic E-state index is 0.118. The molecular weight excluding hydrogens is 244 g/mol. The van der Waals surface area contributed by atoms with Crippen molar-refractivity contribution in [3.8, 4) is 0 Å². The summed E-state index contributed by atoms with van der Waals surface area (Å²) in [6, 6.07) is 0. The number of aliphatic hydroxyl groups is 1. The topological polar surface area (TPSA) is 78.9 Å². The van der Waals surface area contributed by atoms with E-state index in [1.54, 1.807) is 13.8 Å². The molecule has 1 fully saturated rings. The fraction of sp³-hybridized carbons (Fsp3) is 1.00. The quantitative estimate of drug-likeness (QED) is 0.732. The predicted octanol–water partition coefficient (Wildman–Crippen LogP) is -0.299. The van der Waals surface area contributed by atoms with Crippen LogP contribution in [0.15, 0.2) is 0 Å². The number of rotatable bonds is 4. The van der Waals surface area contributed by atoms with E-state index in [1.807, 2.05) is 13.8 Å². The molecule has 6 nitrogen and oxygen atoms in total. The Balaban J connectivity index is 2.76. The van der Waals surface area contributed by atoms with E-state index < -0.39 is 15.7 Å². The van der Waals surface area contributed by atoms with Crippen LogP contribution in [0.25, 0.3) is 0 Å². The Morgan fingerprint density at radius 2 is 1.82 bits per heavy atom. The second-order valence-corrected chi connectivity index (χ2v) is 6.89. The van der Waals surface area contributed by atoms with Crippen LogP contribution in [0, 0.1) is 0 Å². The average Bonchev–Trinajstić information content (AvgIpc) is 2.14. The highest BCUT2D eigenvalue weighted by Gasteiger charge is 2.34. The first-order valence-electron chi connectivity index (χ1n) is 5.71. The number of morpholine rings is 1. The molecule has 102 valence electrons. The highest BCUT2D eigenvalue weighted by atomic mass is 32.2. The molecule has 0 aromatic rings. The molecule has 0 aromatic carbocycles. The SMILES string of the molecule is CC1CN(S(=O)(=O)NC(C)(C)CO)CC(C)O1. The molecular formula is C10H22N2O4S. The van der Waals surface area contributed by atoms with Gasteiger partial charge in [0.1, 0.15) is 0 Å². The van der Waals surface area contributed by atoms with E-state index in [4.69, 9.17) is 9.84 Å². The molecule has 0 aromatic heterocycles. The Labute approximate surface area is 103 Å². The average molecular weight is 266 g/mol. The summed E-state index contributed by atoms with van der Waals surface area (Å²) in [6.07, 6.45) is -0.236. The van der Waals surface area contributed by atoms with Gasteiger partial charge < -0.3 is 9.84 Å². The van der Waals surface area contributed by atoms with E-state index in [1.165, 1.54) is 4.31 Å². The van der Waals surface area contributed by atoms with Gasteiger partial charge in [0.2, 0.25) is 0 Å². The summed E-state index contributed by atoms with van der Waals surface area (Å²) in [5, 5.41) is 9.09. The molecule has 2 N–H and O–H groups in total. The molecule has 2 atom stereocenters. The normalized spacial score (nSPS) is 28.3. The smallest absolute Gasteiger partial charge is 0.280 e. The van der Waals surface area contributed by atoms with Crippen LogP contribution in [0.3, 0.4) is 0 Å². The third-order valence-electron chi connectivity index (χ3n) is 2.53. The summed E-state index contributed by atoms with van der Waals surface area (Å²) in [6.45, 7) is 7.38. The number of hydrogen-bond acceptors (Lipinski definition) is 4. The van der Waals surface area contributed by atoms with Gasteiger partial charge in [-0.1, -0.05) is 0 Å². The van der Waals surface area contributed by atoms with Gasteiger partial charge in [0.15, 0.2) is 0 Å². The monoisotopic (exact) mass is 266 g/mol. The van der Waals surface area contributed by atoms with Gasteiger partial charge in [-0.25, -0.2) is 0 Å². The van der Waals surface area contributed by atoms with Crippen LogP contribution in [-0.2, 0) is 14.9 Å². The Bertz CT molecular complexity index is 345. The lowest BCUT2D eigenvalue weighted by atomic mass is 10.1. The van der Waals surface area contributed by atoms with Crippen molar-refractivity contribution < 1.29 is 18.3 Å². The molecule has 0 saturated carbocycles. The third kappa shape index (κ3) is 4.18. The van der Waals surface area contributed by atoms with Crippen molar-refractivity contribution in [3.05, 3.63) is 0 Å². The minimum Gasteiger partial charge on any atom is -0.394 e. The maximum absolute atomic E-state index is 12.1. The fourth-order valence-electron chi connectivity index (χ4n) is 1.77. The van der Waals surface area contributed by atoms with Gasteiger partial charge in [0, 0.05) is 13.1 Å². The predicted molar refractivity (Wildman–Crippen MR) is 64.8 cm³/mol. The summed E-state index contributed by atoms with van der Waals surface area (Å²) < 4.78 is 33.5. The van der Waals surface area contributed by atoms with Crippen LogP contribution in [0.2, 0.25) is 0 Å². The lowest BCUT2D eigenvalue weighted by Crippen LogP contribution is -2.57. The first kappa shape index (κ1) is 14.8. The van der Waals surface area contributed by atoms with E-state index in [9.17, 15) is 8.42 Å². The van der Waals surface area contributed by atoms with Gasteiger partial charge in [-0.05, 0) is 27.7 Å². The van der Waals surface area contributed by atoms with Gasteiger partial charge in [-0.3, -0.25) is 0 Å². The number of hydrogen-bond donors (Lipinski definition) is 2. The highest BCUT2D eigenvalue weighted by molar-refractivity contribution is 7.87. The molecule has 2 unspecified atom stereocenters. The van der Waals surface area contributed by atoms with Crippen molar-refractivity contribution in [2.45, 2.75) is 45.4 Å². The molecule has 0 bridgehead atoms. The zero-order chi connectivity index (χ0) is 13.3. The number of nitrogens with one attached hydrogen (secondary N) is 1. The Kier molecular flexibility index (Phi) is 4.54. The van der Waals surface area contributed by atoms with Gasteiger partial charge in [-0.2, -0.15) is 17.4 Å². The van der Waals surface area contributed by atoms with Crippen molar-refractivity contribution in [2.24, 2.45) is 0 Å². The van der Waals surface area contributed by atoms with Crippen molar-refractivity contribution in [1.82, 2.24) is 9.03 Å². The van der Waals surface area contributed by atoms with Crippen LogP contribution < -0.4 is 4.72 Å². The molecule has 0 spiro atoms. The van der Waals surface area contributed by atoms with Crippen LogP contribution in [0.4, 0.5) is 0 Å². The molecule has 0 amide bonds. The van der Waals surface area contributed by atoms with E-state index >= 15 is 0 Å². The molecule has 0 radical (unpaired) electrons. The van der Waals surface area contributed by atoms with Crippen LogP contribution >= 0.6 is 0 Å². The summed E-state index contributed by atoms with van der Waals surface area (Å²) in [7, 11) is -3.58. The Hall–Kier alpha value is -0.210. The van der Waals surface area contributed by atoms with E-state index in [0.717, 1.165) is 0 Å². The number of nitrogens with zero attached hydrogens (tertiary/aromatic N) is 1. The lowest BCUT2D eigenvalue weighted by molar-refractivity contribution is -0.0446. The van der Waals surface area contributed by atoms with Crippen molar-refractivity contribution in [2.75, 3.05) is 19.7 Å². The van der Waals surface area contributed by atoms with Crippen LogP contribution in [0.1, 0.15) is 27.7 Å². The standard InChI is InChI=1S/C10H22N2O4S/c1-8-5-12(6-9(2)16-8)17(14,15)11-10(3,4)7-13/h8-9,11,13H,5-7H2,1-4H3. The second-order valence-electron chi connectivity index (χ2n) is 5.22. The summed E-state index contributed by atoms with van der Waals surface area (Å²) in [5.41, 5.74) is -0.858. The largest absolute Gasteiger partial charge is 0.394 e. The Morgan fingerprint density at radius 1 is 1.35 bits per heavy atom. The van der Waals surface area contributed by atoms with Crippen molar-refractivity contribution in [3.63, 3.8) is 0 Å². The van der Waals surface area contributed by atoms with Crippen molar-refractivity contribution in [1.29, 1.82) is 0 Å². The van der Waals surface area contributed by atoms with Gasteiger partial charge >= 0.3 is 0 Å². The molecule has 1 saturated heterocycles. The van der Waals surface area contributed by atoms with E-state index in [-0.39, 0.29) is 18.8 Å². The minimum atomic E-state index is -3.58. The van der Waals surface area contributed by atoms with Gasteiger partial charge in [0.05, 0.1) is 24.4 Å². The van der Waals surface area contributed by atoms with Crippen LogP contribution in [-0.4, -0.2) is 55.3 Å². The first-order chi connectivity index (χ1) is 7.66. The molecule has 0 aliphatic carbocycles. The van der Waals surface area contributed by atoms with Crippen LogP contribution in [0.5, 0.6) is 0 Å². The lowest BCUT2D eigenvalue weighted by Gasteiger charge is -2.36. The van der Waals surface area contributed by atoms with Gasteiger partial charge in [-0.15, -0.1) is 0 Å². The number of ether oxygens (including phenoxy) is 1. The molecule has 1 rings (SSSR count). The van der Waals surface area contributed by atoms with E-state index in [0.29, 0.717) is 13.1 Å². The maximum Gasteiger partial charge on any atom is 0.280 e. The van der Waals surface area contributed by atoms with Gasteiger partial charge in [0.25, 0.3) is 10.2 Å². The molecule has 17 heavy (non-hydrogen) atoms. The molecule has 1 heterocycles. The molecule has 1 aliphatic rings. The first-order valence-corrected chi connectivity index (χ1v) is 7.15. The summed E-state index contributed by atoms with van der Waals surface area (Å²) in [4.78, 5) is 0. The zero-order valence-corrected chi connectivity index (χ0v) is 11.6. The zero-order valence-electron chi connectivity index (χ0n) is 10.8. The highest BCUT2D eigenvalue weighted by Crippen LogP contribution is 2.15. The summed E-state index contributed by atoms with van der Waals surface area (Å²) >= 11 is 0. The van der Waals surface area contributed by atoms with E-state index in [2.05, 4.69) is 4.72 Å². The Morgan fingerprint density at radius 3 is 2.24 bits per heavy atom. The number of aliphatic hydroxyl groups excluding tert-OH is 1.